The summed E-state index contributed by atoms with van der Waals surface area (Å²) in [4.78, 5) is 23.4. The van der Waals surface area contributed by atoms with Gasteiger partial charge in [0.15, 0.2) is 0 Å². The highest BCUT2D eigenvalue weighted by atomic mass is 35.5. The Bertz CT molecular complexity index is 764. The van der Waals surface area contributed by atoms with Crippen molar-refractivity contribution in [2.45, 2.75) is 0 Å². The molecule has 0 N–H and O–H groups in total. The fourth-order valence-electron chi connectivity index (χ4n) is 1.65. The van der Waals surface area contributed by atoms with Crippen LogP contribution in [0.4, 0.5) is 0 Å². The third kappa shape index (κ3) is 2.70. The lowest BCUT2D eigenvalue weighted by atomic mass is 10.3. The van der Waals surface area contributed by atoms with Crippen LogP contribution in [0.15, 0.2) is 33.9 Å². The van der Waals surface area contributed by atoms with Crippen LogP contribution in [-0.2, 0) is 14.1 Å². The second kappa shape index (κ2) is 5.42. The normalized spacial score (nSPS) is 10.4. The van der Waals surface area contributed by atoms with E-state index < -0.39 is 11.2 Å². The van der Waals surface area contributed by atoms with Gasteiger partial charge < -0.3 is 9.47 Å². The molecule has 2 rings (SSSR count). The van der Waals surface area contributed by atoms with Crippen LogP contribution in [0.2, 0.25) is 5.02 Å². The van der Waals surface area contributed by atoms with E-state index in [9.17, 15) is 9.59 Å². The van der Waals surface area contributed by atoms with Gasteiger partial charge in [-0.1, -0.05) is 11.6 Å². The number of rotatable bonds is 3. The molecule has 0 bridgehead atoms. The van der Waals surface area contributed by atoms with Crippen LogP contribution >= 0.6 is 11.6 Å². The number of nitrogens with zero attached hydrogens (tertiary/aromatic N) is 2. The molecule has 2 aromatic rings. The average molecular weight is 297 g/mol. The molecule has 0 aliphatic rings. The standard InChI is InChI=1S/C13H13ClN2O4/c1-15-11(17)7-12(16(2)13(15)18)20-10-5-8(14)4-9(6-10)19-3/h4-7H,1-3H3. The zero-order chi connectivity index (χ0) is 14.9. The smallest absolute Gasteiger partial charge is 0.333 e. The van der Waals surface area contributed by atoms with E-state index in [1.54, 1.807) is 18.2 Å². The summed E-state index contributed by atoms with van der Waals surface area (Å²) in [6.45, 7) is 0. The lowest BCUT2D eigenvalue weighted by molar-refractivity contribution is 0.400. The summed E-state index contributed by atoms with van der Waals surface area (Å²) in [5.74, 6) is 1.02. The van der Waals surface area contributed by atoms with Crippen molar-refractivity contribution in [3.63, 3.8) is 0 Å². The van der Waals surface area contributed by atoms with Crippen molar-refractivity contribution in [1.29, 1.82) is 0 Å². The predicted octanol–water partition coefficient (Wildman–Crippen LogP) is 1.54. The summed E-state index contributed by atoms with van der Waals surface area (Å²) in [7, 11) is 4.42. The molecule has 0 saturated carbocycles. The summed E-state index contributed by atoms with van der Waals surface area (Å²) in [5.41, 5.74) is -0.918. The van der Waals surface area contributed by atoms with E-state index in [-0.39, 0.29) is 5.88 Å². The molecule has 0 fully saturated rings. The number of methoxy groups -OCH3 is 1. The zero-order valence-electron chi connectivity index (χ0n) is 11.2. The van der Waals surface area contributed by atoms with Gasteiger partial charge in [-0.15, -0.1) is 0 Å². The van der Waals surface area contributed by atoms with E-state index in [0.29, 0.717) is 16.5 Å². The summed E-state index contributed by atoms with van der Waals surface area (Å²) in [6.07, 6.45) is 0. The van der Waals surface area contributed by atoms with E-state index in [1.165, 1.54) is 31.8 Å². The van der Waals surface area contributed by atoms with Crippen LogP contribution in [0.1, 0.15) is 0 Å². The Morgan fingerprint density at radius 3 is 2.30 bits per heavy atom. The van der Waals surface area contributed by atoms with E-state index in [0.717, 1.165) is 4.57 Å². The minimum absolute atomic E-state index is 0.127. The molecule has 0 atom stereocenters. The third-order valence-electron chi connectivity index (χ3n) is 2.78. The van der Waals surface area contributed by atoms with Crippen molar-refractivity contribution in [3.05, 3.63) is 50.1 Å². The molecule has 7 heteroatoms. The van der Waals surface area contributed by atoms with Crippen LogP contribution < -0.4 is 20.7 Å². The Morgan fingerprint density at radius 1 is 1.00 bits per heavy atom. The van der Waals surface area contributed by atoms with Gasteiger partial charge in [-0.05, 0) is 12.1 Å². The molecular weight excluding hydrogens is 284 g/mol. The van der Waals surface area contributed by atoms with Crippen molar-refractivity contribution < 1.29 is 9.47 Å². The molecule has 0 radical (unpaired) electrons. The lowest BCUT2D eigenvalue weighted by Gasteiger charge is -2.11. The number of ether oxygens (including phenoxy) is 2. The summed E-state index contributed by atoms with van der Waals surface area (Å²) < 4.78 is 12.8. The minimum Gasteiger partial charge on any atom is -0.497 e. The Balaban J connectivity index is 2.48. The molecule has 0 amide bonds. The van der Waals surface area contributed by atoms with Crippen LogP contribution in [-0.4, -0.2) is 16.2 Å². The van der Waals surface area contributed by atoms with Gasteiger partial charge in [-0.3, -0.25) is 13.9 Å². The molecule has 0 spiro atoms. The van der Waals surface area contributed by atoms with Crippen LogP contribution in [0, 0.1) is 0 Å². The maximum Gasteiger partial charge on any atom is 0.333 e. The topological polar surface area (TPSA) is 62.5 Å². The third-order valence-corrected chi connectivity index (χ3v) is 3.00. The van der Waals surface area contributed by atoms with E-state index in [1.807, 2.05) is 0 Å². The highest BCUT2D eigenvalue weighted by Gasteiger charge is 2.09. The van der Waals surface area contributed by atoms with E-state index in [2.05, 4.69) is 0 Å². The minimum atomic E-state index is -0.471. The summed E-state index contributed by atoms with van der Waals surface area (Å²) in [5, 5.41) is 0.424. The summed E-state index contributed by atoms with van der Waals surface area (Å²) >= 11 is 5.93. The van der Waals surface area contributed by atoms with Gasteiger partial charge >= 0.3 is 5.69 Å². The molecule has 20 heavy (non-hydrogen) atoms. The molecule has 1 heterocycles. The van der Waals surface area contributed by atoms with Gasteiger partial charge in [-0.2, -0.15) is 0 Å². The zero-order valence-corrected chi connectivity index (χ0v) is 12.0. The molecule has 1 aromatic carbocycles. The quantitative estimate of drug-likeness (QED) is 0.862. The van der Waals surface area contributed by atoms with Crippen LogP contribution in [0.5, 0.6) is 17.4 Å². The van der Waals surface area contributed by atoms with Crippen molar-refractivity contribution in [2.75, 3.05) is 7.11 Å². The fraction of sp³-hybridized carbons (Fsp3) is 0.231. The molecule has 1 aromatic heterocycles. The Hall–Kier alpha value is -2.21. The van der Waals surface area contributed by atoms with Gasteiger partial charge in [0, 0.05) is 25.2 Å². The van der Waals surface area contributed by atoms with Crippen molar-refractivity contribution in [1.82, 2.24) is 9.13 Å². The first-order valence-corrected chi connectivity index (χ1v) is 6.09. The highest BCUT2D eigenvalue weighted by molar-refractivity contribution is 6.30. The van der Waals surface area contributed by atoms with Gasteiger partial charge in [0.25, 0.3) is 5.56 Å². The van der Waals surface area contributed by atoms with Gasteiger partial charge in [0.1, 0.15) is 11.5 Å². The Labute approximate surface area is 119 Å². The molecule has 106 valence electrons. The molecule has 0 unspecified atom stereocenters. The maximum atomic E-state index is 11.8. The molecule has 6 nitrogen and oxygen atoms in total. The first-order chi connectivity index (χ1) is 9.42. The number of aromatic nitrogens is 2. The maximum absolute atomic E-state index is 11.8. The van der Waals surface area contributed by atoms with Gasteiger partial charge in [0.05, 0.1) is 13.2 Å². The number of hydrogen-bond donors (Lipinski definition) is 0. The summed E-state index contributed by atoms with van der Waals surface area (Å²) in [6, 6.07) is 6.02. The van der Waals surface area contributed by atoms with E-state index in [4.69, 9.17) is 21.1 Å². The average Bonchev–Trinajstić information content (AvgIpc) is 2.41. The highest BCUT2D eigenvalue weighted by Crippen LogP contribution is 2.28. The predicted molar refractivity (Wildman–Crippen MR) is 75.0 cm³/mol. The monoisotopic (exact) mass is 296 g/mol. The fourth-order valence-corrected chi connectivity index (χ4v) is 1.86. The van der Waals surface area contributed by atoms with Gasteiger partial charge in [-0.25, -0.2) is 4.79 Å². The Kier molecular flexibility index (Phi) is 3.85. The molecule has 0 aliphatic carbocycles. The molecule has 0 aliphatic heterocycles. The molecular formula is C13H13ClN2O4. The van der Waals surface area contributed by atoms with Crippen molar-refractivity contribution in [3.8, 4) is 17.4 Å². The lowest BCUT2D eigenvalue weighted by Crippen LogP contribution is -2.36. The SMILES string of the molecule is COc1cc(Cl)cc(Oc2cc(=O)n(C)c(=O)n2C)c1. The van der Waals surface area contributed by atoms with Crippen LogP contribution in [0.3, 0.4) is 0 Å². The van der Waals surface area contributed by atoms with Gasteiger partial charge in [0.2, 0.25) is 5.88 Å². The second-order valence-corrected chi connectivity index (χ2v) is 4.59. The second-order valence-electron chi connectivity index (χ2n) is 4.15. The number of hydrogen-bond acceptors (Lipinski definition) is 4. The first kappa shape index (κ1) is 14.2. The van der Waals surface area contributed by atoms with E-state index >= 15 is 0 Å². The Morgan fingerprint density at radius 2 is 1.65 bits per heavy atom. The van der Waals surface area contributed by atoms with Crippen molar-refractivity contribution in [2.24, 2.45) is 14.1 Å². The first-order valence-electron chi connectivity index (χ1n) is 5.72. The number of halogens is 1. The largest absolute Gasteiger partial charge is 0.497 e. The number of benzene rings is 1. The molecule has 0 saturated heterocycles. The van der Waals surface area contributed by atoms with Crippen molar-refractivity contribution >= 4 is 11.6 Å². The van der Waals surface area contributed by atoms with Crippen LogP contribution in [0.25, 0.3) is 0 Å².